The van der Waals surface area contributed by atoms with Crippen LogP contribution < -0.4 is 5.32 Å². The van der Waals surface area contributed by atoms with Gasteiger partial charge in [0.05, 0.1) is 5.60 Å². The normalized spacial score (nSPS) is 22.1. The number of rotatable bonds is 6. The summed E-state index contributed by atoms with van der Waals surface area (Å²) in [5.74, 6) is 1.11. The summed E-state index contributed by atoms with van der Waals surface area (Å²) in [6, 6.07) is 0. The van der Waals surface area contributed by atoms with E-state index in [1.165, 1.54) is 12.8 Å². The fourth-order valence-corrected chi connectivity index (χ4v) is 2.37. The predicted molar refractivity (Wildman–Crippen MR) is 73.2 cm³/mol. The Hall–Kier alpha value is -0.120. The minimum absolute atomic E-state index is 0.310. The van der Waals surface area contributed by atoms with Gasteiger partial charge >= 0.3 is 0 Å². The molecular formula is C14H30N2O. The second-order valence-corrected chi connectivity index (χ2v) is 6.03. The zero-order valence-corrected chi connectivity index (χ0v) is 12.0. The van der Waals surface area contributed by atoms with Crippen molar-refractivity contribution in [3.63, 3.8) is 0 Å². The van der Waals surface area contributed by atoms with E-state index in [-0.39, 0.29) is 0 Å². The van der Waals surface area contributed by atoms with Crippen molar-refractivity contribution in [3.05, 3.63) is 0 Å². The van der Waals surface area contributed by atoms with E-state index in [9.17, 15) is 5.11 Å². The molecule has 0 aromatic carbocycles. The molecule has 102 valence electrons. The van der Waals surface area contributed by atoms with Crippen LogP contribution >= 0.6 is 0 Å². The Morgan fingerprint density at radius 1 is 1.35 bits per heavy atom. The van der Waals surface area contributed by atoms with Gasteiger partial charge in [-0.15, -0.1) is 0 Å². The molecule has 0 spiro atoms. The van der Waals surface area contributed by atoms with Crippen LogP contribution in [0.5, 0.6) is 0 Å². The molecule has 1 saturated heterocycles. The number of hydrogen-bond donors (Lipinski definition) is 2. The average molecular weight is 242 g/mol. The van der Waals surface area contributed by atoms with E-state index < -0.39 is 5.60 Å². The maximum atomic E-state index is 10.4. The van der Waals surface area contributed by atoms with Gasteiger partial charge in [-0.25, -0.2) is 0 Å². The third-order valence-electron chi connectivity index (χ3n) is 4.21. The van der Waals surface area contributed by atoms with Crippen molar-refractivity contribution in [2.24, 2.45) is 11.8 Å². The molecule has 1 unspecified atom stereocenters. The number of nitrogens with one attached hydrogen (secondary N) is 1. The van der Waals surface area contributed by atoms with Crippen LogP contribution in [0.1, 0.15) is 40.5 Å². The summed E-state index contributed by atoms with van der Waals surface area (Å²) in [4.78, 5) is 2.41. The van der Waals surface area contributed by atoms with Crippen LogP contribution in [0, 0.1) is 11.8 Å². The van der Waals surface area contributed by atoms with Gasteiger partial charge in [0.1, 0.15) is 0 Å². The second-order valence-electron chi connectivity index (χ2n) is 6.03. The molecule has 0 aromatic rings. The Balaban J connectivity index is 2.42. The lowest BCUT2D eigenvalue weighted by Gasteiger charge is -2.36. The molecule has 1 heterocycles. The van der Waals surface area contributed by atoms with E-state index in [0.717, 1.165) is 38.6 Å². The highest BCUT2D eigenvalue weighted by molar-refractivity contribution is 4.82. The van der Waals surface area contributed by atoms with Gasteiger partial charge in [-0.2, -0.15) is 0 Å². The Bertz CT molecular complexity index is 210. The van der Waals surface area contributed by atoms with Crippen molar-refractivity contribution in [3.8, 4) is 0 Å². The Kier molecular flexibility index (Phi) is 5.90. The number of piperidine rings is 1. The summed E-state index contributed by atoms with van der Waals surface area (Å²) in [6.45, 7) is 13.6. The minimum Gasteiger partial charge on any atom is -0.389 e. The zero-order valence-electron chi connectivity index (χ0n) is 12.0. The molecule has 0 bridgehead atoms. The highest BCUT2D eigenvalue weighted by Gasteiger charge is 2.28. The third-order valence-corrected chi connectivity index (χ3v) is 4.21. The van der Waals surface area contributed by atoms with Gasteiger partial charge in [0, 0.05) is 13.1 Å². The van der Waals surface area contributed by atoms with Crippen LogP contribution in [0.15, 0.2) is 0 Å². The SMILES string of the molecule is CCN(CC1CCNCC1)CC(C)(O)C(C)C. The van der Waals surface area contributed by atoms with Crippen molar-refractivity contribution in [2.45, 2.75) is 46.1 Å². The van der Waals surface area contributed by atoms with E-state index in [2.05, 4.69) is 31.0 Å². The van der Waals surface area contributed by atoms with Gasteiger partial charge in [-0.1, -0.05) is 20.8 Å². The number of aliphatic hydroxyl groups is 1. The van der Waals surface area contributed by atoms with Gasteiger partial charge < -0.3 is 15.3 Å². The van der Waals surface area contributed by atoms with Crippen LogP contribution in [0.2, 0.25) is 0 Å². The minimum atomic E-state index is -0.567. The van der Waals surface area contributed by atoms with E-state index in [4.69, 9.17) is 0 Å². The topological polar surface area (TPSA) is 35.5 Å². The first-order chi connectivity index (χ1) is 7.95. The van der Waals surface area contributed by atoms with Crippen molar-refractivity contribution in [1.29, 1.82) is 0 Å². The van der Waals surface area contributed by atoms with Gasteiger partial charge in [0.2, 0.25) is 0 Å². The fourth-order valence-electron chi connectivity index (χ4n) is 2.37. The molecule has 0 saturated carbocycles. The molecule has 0 amide bonds. The van der Waals surface area contributed by atoms with Crippen LogP contribution in [0.4, 0.5) is 0 Å². The maximum absolute atomic E-state index is 10.4. The Morgan fingerprint density at radius 2 is 1.94 bits per heavy atom. The van der Waals surface area contributed by atoms with E-state index >= 15 is 0 Å². The molecule has 0 aromatic heterocycles. The summed E-state index contributed by atoms with van der Waals surface area (Å²) in [7, 11) is 0. The van der Waals surface area contributed by atoms with Crippen molar-refractivity contribution in [1.82, 2.24) is 10.2 Å². The highest BCUT2D eigenvalue weighted by Crippen LogP contribution is 2.20. The third kappa shape index (κ3) is 4.94. The summed E-state index contributed by atoms with van der Waals surface area (Å²) in [5, 5.41) is 13.8. The average Bonchev–Trinajstić information content (AvgIpc) is 2.29. The molecule has 1 fully saturated rings. The van der Waals surface area contributed by atoms with E-state index in [1.54, 1.807) is 0 Å². The quantitative estimate of drug-likeness (QED) is 0.744. The first-order valence-electron chi connectivity index (χ1n) is 7.11. The molecule has 17 heavy (non-hydrogen) atoms. The Labute approximate surface area is 107 Å². The largest absolute Gasteiger partial charge is 0.389 e. The molecule has 0 radical (unpaired) electrons. The van der Waals surface area contributed by atoms with Crippen LogP contribution in [-0.2, 0) is 0 Å². The highest BCUT2D eigenvalue weighted by atomic mass is 16.3. The first kappa shape index (κ1) is 14.9. The van der Waals surface area contributed by atoms with Gasteiger partial charge in [0.15, 0.2) is 0 Å². The number of nitrogens with zero attached hydrogens (tertiary/aromatic N) is 1. The van der Waals surface area contributed by atoms with Crippen LogP contribution in [0.25, 0.3) is 0 Å². The monoisotopic (exact) mass is 242 g/mol. The molecule has 1 rings (SSSR count). The number of likely N-dealkylation sites (N-methyl/N-ethyl adjacent to an activating group) is 1. The lowest BCUT2D eigenvalue weighted by atomic mass is 9.91. The summed E-state index contributed by atoms with van der Waals surface area (Å²) in [5.41, 5.74) is -0.567. The standard InChI is InChI=1S/C14H30N2O/c1-5-16(11-14(4,17)12(2)3)10-13-6-8-15-9-7-13/h12-13,15,17H,5-11H2,1-4H3. The summed E-state index contributed by atoms with van der Waals surface area (Å²) < 4.78 is 0. The molecule has 0 aliphatic carbocycles. The molecule has 3 heteroatoms. The predicted octanol–water partition coefficient (Wildman–Crippen LogP) is 1.71. The molecule has 3 nitrogen and oxygen atoms in total. The molecule has 1 atom stereocenters. The van der Waals surface area contributed by atoms with E-state index in [0.29, 0.717) is 5.92 Å². The smallest absolute Gasteiger partial charge is 0.0768 e. The lowest BCUT2D eigenvalue weighted by Crippen LogP contribution is -2.46. The first-order valence-corrected chi connectivity index (χ1v) is 7.11. The Morgan fingerprint density at radius 3 is 2.41 bits per heavy atom. The lowest BCUT2D eigenvalue weighted by molar-refractivity contribution is -0.0216. The van der Waals surface area contributed by atoms with Gasteiger partial charge in [0.25, 0.3) is 0 Å². The molecule has 2 N–H and O–H groups in total. The van der Waals surface area contributed by atoms with Gasteiger partial charge in [-0.3, -0.25) is 0 Å². The molecular weight excluding hydrogens is 212 g/mol. The van der Waals surface area contributed by atoms with Crippen LogP contribution in [-0.4, -0.2) is 48.3 Å². The van der Waals surface area contributed by atoms with Crippen molar-refractivity contribution < 1.29 is 5.11 Å². The zero-order chi connectivity index (χ0) is 12.9. The van der Waals surface area contributed by atoms with E-state index in [1.807, 2.05) is 6.92 Å². The molecule has 1 aliphatic rings. The van der Waals surface area contributed by atoms with Crippen LogP contribution in [0.3, 0.4) is 0 Å². The summed E-state index contributed by atoms with van der Waals surface area (Å²) in [6.07, 6.45) is 2.56. The second kappa shape index (κ2) is 6.72. The fraction of sp³-hybridized carbons (Fsp3) is 1.00. The van der Waals surface area contributed by atoms with Gasteiger partial charge in [-0.05, 0) is 51.2 Å². The number of hydrogen-bond acceptors (Lipinski definition) is 3. The summed E-state index contributed by atoms with van der Waals surface area (Å²) >= 11 is 0. The van der Waals surface area contributed by atoms with Crippen molar-refractivity contribution >= 4 is 0 Å². The molecule has 1 aliphatic heterocycles. The maximum Gasteiger partial charge on any atom is 0.0768 e. The van der Waals surface area contributed by atoms with Crippen molar-refractivity contribution in [2.75, 3.05) is 32.7 Å².